The minimum Gasteiger partial charge on any atom is -0.500 e. The summed E-state index contributed by atoms with van der Waals surface area (Å²) in [5, 5.41) is 0. The molecule has 0 bridgehead atoms. The van der Waals surface area contributed by atoms with Crippen molar-refractivity contribution in [2.45, 2.75) is 12.8 Å². The lowest BCUT2D eigenvalue weighted by atomic mass is 9.79. The van der Waals surface area contributed by atoms with Crippen LogP contribution in [0.1, 0.15) is 12.8 Å². The predicted octanol–water partition coefficient (Wildman–Crippen LogP) is 2.21. The van der Waals surface area contributed by atoms with Crippen LogP contribution in [-0.4, -0.2) is 20.2 Å². The van der Waals surface area contributed by atoms with Crippen LogP contribution >= 0.6 is 0 Å². The van der Waals surface area contributed by atoms with Crippen LogP contribution in [0.25, 0.3) is 0 Å². The maximum absolute atomic E-state index is 11.8. The molecule has 15 heavy (non-hydrogen) atoms. The van der Waals surface area contributed by atoms with Crippen molar-refractivity contribution in [1.82, 2.24) is 0 Å². The fraction of sp³-hybridized carbons (Fsp3) is 0.417. The van der Waals surface area contributed by atoms with Gasteiger partial charge in [-0.3, -0.25) is 4.79 Å². The molecule has 0 N–H and O–H groups in total. The smallest absolute Gasteiger partial charge is 0.323 e. The molecule has 1 unspecified atom stereocenters. The summed E-state index contributed by atoms with van der Waals surface area (Å²) in [5.41, 5.74) is -0.816. The van der Waals surface area contributed by atoms with Crippen LogP contribution in [0.2, 0.25) is 0 Å². The van der Waals surface area contributed by atoms with Crippen LogP contribution in [0.5, 0.6) is 0 Å². The van der Waals surface area contributed by atoms with Gasteiger partial charge in [0.15, 0.2) is 0 Å². The minimum absolute atomic E-state index is 0.313. The highest BCUT2D eigenvalue weighted by molar-refractivity contribution is 5.83. The standard InChI is InChI=1S/C12H16O3/c1-4-8-12(11(13)15-3)9-6-5-7-10(12)14-2/h4,6-7,9H,1,5,8H2,2-3H3. The number of esters is 1. The highest BCUT2D eigenvalue weighted by atomic mass is 16.5. The molecule has 0 aromatic heterocycles. The van der Waals surface area contributed by atoms with Crippen LogP contribution in [0.4, 0.5) is 0 Å². The molecule has 1 rings (SSSR count). The van der Waals surface area contributed by atoms with Gasteiger partial charge in [0.25, 0.3) is 0 Å². The predicted molar refractivity (Wildman–Crippen MR) is 58.1 cm³/mol. The quantitative estimate of drug-likeness (QED) is 0.525. The summed E-state index contributed by atoms with van der Waals surface area (Å²) in [7, 11) is 2.94. The Balaban J connectivity index is 3.11. The average Bonchev–Trinajstić information content (AvgIpc) is 2.28. The normalized spacial score (nSPS) is 24.3. The summed E-state index contributed by atoms with van der Waals surface area (Å²) in [6.45, 7) is 3.66. The molecule has 1 atom stereocenters. The van der Waals surface area contributed by atoms with E-state index in [4.69, 9.17) is 9.47 Å². The number of hydrogen-bond acceptors (Lipinski definition) is 3. The van der Waals surface area contributed by atoms with Gasteiger partial charge in [0.05, 0.1) is 14.2 Å². The number of methoxy groups -OCH3 is 2. The average molecular weight is 208 g/mol. The van der Waals surface area contributed by atoms with Crippen LogP contribution in [-0.2, 0) is 14.3 Å². The van der Waals surface area contributed by atoms with E-state index in [0.29, 0.717) is 12.2 Å². The van der Waals surface area contributed by atoms with Gasteiger partial charge in [0.2, 0.25) is 0 Å². The van der Waals surface area contributed by atoms with E-state index in [1.54, 1.807) is 13.2 Å². The lowest BCUT2D eigenvalue weighted by molar-refractivity contribution is -0.149. The molecule has 0 aromatic rings. The molecule has 0 heterocycles. The fourth-order valence-electron chi connectivity index (χ4n) is 1.80. The van der Waals surface area contributed by atoms with Gasteiger partial charge in [-0.05, 0) is 18.9 Å². The molecule has 0 aromatic carbocycles. The SMILES string of the molecule is C=CCC1(C(=O)OC)C=CCC=C1OC. The molecular weight excluding hydrogens is 192 g/mol. The second-order valence-electron chi connectivity index (χ2n) is 3.37. The number of ether oxygens (including phenoxy) is 2. The Morgan fingerprint density at radius 2 is 2.40 bits per heavy atom. The zero-order chi connectivity index (χ0) is 11.3. The Morgan fingerprint density at radius 3 is 2.93 bits per heavy atom. The maximum Gasteiger partial charge on any atom is 0.323 e. The first kappa shape index (κ1) is 11.6. The van der Waals surface area contributed by atoms with Gasteiger partial charge in [0, 0.05) is 0 Å². The van der Waals surface area contributed by atoms with Crippen molar-refractivity contribution in [2.24, 2.45) is 5.41 Å². The molecule has 3 nitrogen and oxygen atoms in total. The molecule has 0 radical (unpaired) electrons. The molecule has 0 fully saturated rings. The molecule has 0 spiro atoms. The third kappa shape index (κ3) is 1.96. The Labute approximate surface area is 90.1 Å². The Morgan fingerprint density at radius 1 is 1.67 bits per heavy atom. The van der Waals surface area contributed by atoms with Crippen molar-refractivity contribution in [2.75, 3.05) is 14.2 Å². The fourth-order valence-corrected chi connectivity index (χ4v) is 1.80. The van der Waals surface area contributed by atoms with Gasteiger partial charge < -0.3 is 9.47 Å². The Bertz CT molecular complexity index is 315. The van der Waals surface area contributed by atoms with E-state index >= 15 is 0 Å². The topological polar surface area (TPSA) is 35.5 Å². The lowest BCUT2D eigenvalue weighted by Crippen LogP contribution is -2.34. The minimum atomic E-state index is -0.816. The second kappa shape index (κ2) is 4.82. The molecule has 3 heteroatoms. The summed E-state index contributed by atoms with van der Waals surface area (Å²) in [6.07, 6.45) is 8.61. The van der Waals surface area contributed by atoms with Crippen molar-refractivity contribution in [3.05, 3.63) is 36.6 Å². The number of carbonyl (C=O) groups excluding carboxylic acids is 1. The van der Waals surface area contributed by atoms with Gasteiger partial charge >= 0.3 is 5.97 Å². The van der Waals surface area contributed by atoms with Crippen LogP contribution in [0, 0.1) is 5.41 Å². The largest absolute Gasteiger partial charge is 0.500 e. The third-order valence-electron chi connectivity index (χ3n) is 2.52. The molecule has 0 aliphatic heterocycles. The van der Waals surface area contributed by atoms with E-state index in [1.165, 1.54) is 7.11 Å². The first-order valence-electron chi connectivity index (χ1n) is 4.83. The summed E-state index contributed by atoms with van der Waals surface area (Å²) < 4.78 is 10.1. The van der Waals surface area contributed by atoms with E-state index in [2.05, 4.69) is 6.58 Å². The summed E-state index contributed by atoms with van der Waals surface area (Å²) in [5.74, 6) is 0.322. The van der Waals surface area contributed by atoms with Crippen LogP contribution in [0.3, 0.4) is 0 Å². The number of allylic oxidation sites excluding steroid dienone is 3. The van der Waals surface area contributed by atoms with Crippen molar-refractivity contribution in [1.29, 1.82) is 0 Å². The van der Waals surface area contributed by atoms with Gasteiger partial charge in [-0.15, -0.1) is 6.58 Å². The van der Waals surface area contributed by atoms with Crippen LogP contribution < -0.4 is 0 Å². The third-order valence-corrected chi connectivity index (χ3v) is 2.52. The summed E-state index contributed by atoms with van der Waals surface area (Å²) >= 11 is 0. The van der Waals surface area contributed by atoms with Crippen molar-refractivity contribution < 1.29 is 14.3 Å². The first-order chi connectivity index (χ1) is 7.21. The molecule has 1 aliphatic carbocycles. The van der Waals surface area contributed by atoms with Crippen molar-refractivity contribution in [3.8, 4) is 0 Å². The molecule has 0 amide bonds. The number of hydrogen-bond donors (Lipinski definition) is 0. The molecule has 0 saturated heterocycles. The lowest BCUT2D eigenvalue weighted by Gasteiger charge is -2.30. The van der Waals surface area contributed by atoms with Crippen molar-refractivity contribution in [3.63, 3.8) is 0 Å². The van der Waals surface area contributed by atoms with Crippen LogP contribution in [0.15, 0.2) is 36.6 Å². The number of carbonyl (C=O) groups is 1. The second-order valence-corrected chi connectivity index (χ2v) is 3.37. The zero-order valence-corrected chi connectivity index (χ0v) is 9.16. The summed E-state index contributed by atoms with van der Waals surface area (Å²) in [4.78, 5) is 11.8. The first-order valence-corrected chi connectivity index (χ1v) is 4.83. The van der Waals surface area contributed by atoms with E-state index in [9.17, 15) is 4.79 Å². The highest BCUT2D eigenvalue weighted by Crippen LogP contribution is 2.38. The van der Waals surface area contributed by atoms with E-state index in [1.807, 2.05) is 18.2 Å². The Kier molecular flexibility index (Phi) is 3.72. The maximum atomic E-state index is 11.8. The molecule has 82 valence electrons. The van der Waals surface area contributed by atoms with Gasteiger partial charge in [-0.1, -0.05) is 18.2 Å². The Hall–Kier alpha value is -1.51. The monoisotopic (exact) mass is 208 g/mol. The van der Waals surface area contributed by atoms with Gasteiger partial charge in [-0.25, -0.2) is 0 Å². The molecule has 0 saturated carbocycles. The van der Waals surface area contributed by atoms with Gasteiger partial charge in [-0.2, -0.15) is 0 Å². The molecular formula is C12H16O3. The van der Waals surface area contributed by atoms with Crippen molar-refractivity contribution >= 4 is 5.97 Å². The highest BCUT2D eigenvalue weighted by Gasteiger charge is 2.42. The van der Waals surface area contributed by atoms with E-state index < -0.39 is 5.41 Å². The number of rotatable bonds is 4. The van der Waals surface area contributed by atoms with Gasteiger partial charge in [0.1, 0.15) is 11.2 Å². The van der Waals surface area contributed by atoms with E-state index in [0.717, 1.165) is 6.42 Å². The van der Waals surface area contributed by atoms with E-state index in [-0.39, 0.29) is 5.97 Å². The molecule has 1 aliphatic rings. The summed E-state index contributed by atoms with van der Waals surface area (Å²) in [6, 6.07) is 0. The zero-order valence-electron chi connectivity index (χ0n) is 9.16.